The molecule has 0 unspecified atom stereocenters. The van der Waals surface area contributed by atoms with Crippen LogP contribution in [0.1, 0.15) is 39.2 Å². The van der Waals surface area contributed by atoms with Crippen molar-refractivity contribution in [1.82, 2.24) is 10.6 Å². The Hall–Kier alpha value is -2.02. The Morgan fingerprint density at radius 2 is 1.71 bits per heavy atom. The van der Waals surface area contributed by atoms with Crippen LogP contribution in [0, 0.1) is 11.8 Å². The fourth-order valence-electron chi connectivity index (χ4n) is 2.78. The van der Waals surface area contributed by atoms with E-state index in [0.717, 1.165) is 17.7 Å². The summed E-state index contributed by atoms with van der Waals surface area (Å²) >= 11 is 1.68. The molecule has 0 aliphatic heterocycles. The third-order valence-electron chi connectivity index (χ3n) is 4.94. The van der Waals surface area contributed by atoms with E-state index < -0.39 is 23.9 Å². The van der Waals surface area contributed by atoms with Gasteiger partial charge >= 0.3 is 0 Å². The zero-order valence-corrected chi connectivity index (χ0v) is 18.1. The second kappa shape index (κ2) is 12.4. The molecule has 0 aliphatic carbocycles. The molecule has 6 nitrogen and oxygen atoms in total. The van der Waals surface area contributed by atoms with Gasteiger partial charge in [0.2, 0.25) is 17.7 Å². The molecule has 1 aromatic rings. The molecule has 0 aromatic heterocycles. The van der Waals surface area contributed by atoms with Crippen LogP contribution in [-0.2, 0) is 20.8 Å². The highest BCUT2D eigenvalue weighted by Crippen LogP contribution is 2.11. The van der Waals surface area contributed by atoms with Crippen molar-refractivity contribution in [3.8, 4) is 0 Å². The maximum absolute atomic E-state index is 12.9. The number of hydrogen-bond acceptors (Lipinski definition) is 4. The molecule has 7 heteroatoms. The van der Waals surface area contributed by atoms with Crippen molar-refractivity contribution in [3.63, 3.8) is 0 Å². The topological polar surface area (TPSA) is 101 Å². The van der Waals surface area contributed by atoms with Crippen LogP contribution in [-0.4, -0.2) is 41.8 Å². The first-order valence-corrected chi connectivity index (χ1v) is 11.1. The van der Waals surface area contributed by atoms with Crippen molar-refractivity contribution in [3.05, 3.63) is 35.9 Å². The number of carbonyl (C=O) groups is 3. The van der Waals surface area contributed by atoms with Gasteiger partial charge in [0.15, 0.2) is 0 Å². The van der Waals surface area contributed by atoms with Crippen LogP contribution in [0.15, 0.2) is 30.3 Å². The van der Waals surface area contributed by atoms with E-state index in [9.17, 15) is 14.4 Å². The molecule has 0 saturated heterocycles. The number of carbonyl (C=O) groups excluding carboxylic acids is 3. The van der Waals surface area contributed by atoms with E-state index in [1.807, 2.05) is 57.4 Å². The zero-order chi connectivity index (χ0) is 21.1. The molecule has 1 rings (SSSR count). The predicted molar refractivity (Wildman–Crippen MR) is 115 cm³/mol. The lowest BCUT2D eigenvalue weighted by molar-refractivity contribution is -0.133. The van der Waals surface area contributed by atoms with E-state index in [-0.39, 0.29) is 17.7 Å². The number of hydrogen-bond donors (Lipinski definition) is 3. The number of amides is 3. The van der Waals surface area contributed by atoms with Crippen LogP contribution < -0.4 is 16.4 Å². The van der Waals surface area contributed by atoms with Gasteiger partial charge in [0.05, 0.1) is 0 Å². The normalized spacial score (nSPS) is 15.1. The molecule has 4 atom stereocenters. The molecular formula is C21H33N3O3S. The molecule has 0 aliphatic rings. The van der Waals surface area contributed by atoms with Gasteiger partial charge in [-0.25, -0.2) is 0 Å². The SMILES string of the molecule is CC[C@H](C)[C@H](NC(=O)[C@H](Cc1ccccc1)NC(=O)[C@@H](C)CCSC)C(N)=O. The quantitative estimate of drug-likeness (QED) is 0.494. The van der Waals surface area contributed by atoms with Gasteiger partial charge in [-0.3, -0.25) is 14.4 Å². The third kappa shape index (κ3) is 7.92. The summed E-state index contributed by atoms with van der Waals surface area (Å²) in [6, 6.07) is 7.96. The van der Waals surface area contributed by atoms with Crippen LogP contribution in [0.5, 0.6) is 0 Å². The molecule has 0 saturated carbocycles. The standard InChI is InChI=1S/C21H33N3O3S/c1-5-14(2)18(19(22)25)24-21(27)17(13-16-9-7-6-8-10-16)23-20(26)15(3)11-12-28-4/h6-10,14-15,17-18H,5,11-13H2,1-4H3,(H2,22,25)(H,23,26)(H,24,27)/t14-,15-,17-,18-/m0/s1. The average Bonchev–Trinajstić information content (AvgIpc) is 2.69. The first-order chi connectivity index (χ1) is 13.3. The maximum atomic E-state index is 12.9. The summed E-state index contributed by atoms with van der Waals surface area (Å²) in [6.07, 6.45) is 3.79. The fourth-order valence-corrected chi connectivity index (χ4v) is 3.37. The monoisotopic (exact) mass is 407 g/mol. The van der Waals surface area contributed by atoms with E-state index >= 15 is 0 Å². The van der Waals surface area contributed by atoms with Gasteiger partial charge in [0.25, 0.3) is 0 Å². The summed E-state index contributed by atoms with van der Waals surface area (Å²) in [5.41, 5.74) is 6.40. The van der Waals surface area contributed by atoms with Crippen LogP contribution in [0.3, 0.4) is 0 Å². The average molecular weight is 408 g/mol. The Morgan fingerprint density at radius 1 is 1.07 bits per heavy atom. The van der Waals surface area contributed by atoms with Crippen LogP contribution in [0.4, 0.5) is 0 Å². The minimum Gasteiger partial charge on any atom is -0.368 e. The highest BCUT2D eigenvalue weighted by atomic mass is 32.2. The lowest BCUT2D eigenvalue weighted by Crippen LogP contribution is -2.56. The first kappa shape index (κ1) is 24.0. The van der Waals surface area contributed by atoms with Crippen LogP contribution in [0.25, 0.3) is 0 Å². The molecule has 0 bridgehead atoms. The summed E-state index contributed by atoms with van der Waals surface area (Å²) < 4.78 is 0. The minimum absolute atomic E-state index is 0.0879. The lowest BCUT2D eigenvalue weighted by Gasteiger charge is -2.26. The van der Waals surface area contributed by atoms with Gasteiger partial charge in [-0.15, -0.1) is 0 Å². The molecule has 0 radical (unpaired) electrons. The maximum Gasteiger partial charge on any atom is 0.243 e. The molecular weight excluding hydrogens is 374 g/mol. The molecule has 0 fully saturated rings. The molecule has 28 heavy (non-hydrogen) atoms. The Kier molecular flexibility index (Phi) is 10.7. The number of primary amides is 1. The van der Waals surface area contributed by atoms with Crippen LogP contribution >= 0.6 is 11.8 Å². The summed E-state index contributed by atoms with van der Waals surface area (Å²) in [4.78, 5) is 37.3. The summed E-state index contributed by atoms with van der Waals surface area (Å²) in [5, 5.41) is 5.61. The van der Waals surface area contributed by atoms with Crippen LogP contribution in [0.2, 0.25) is 0 Å². The Balaban J connectivity index is 2.93. The molecule has 0 heterocycles. The van der Waals surface area contributed by atoms with E-state index in [4.69, 9.17) is 5.73 Å². The minimum atomic E-state index is -0.766. The highest BCUT2D eigenvalue weighted by Gasteiger charge is 2.29. The second-order valence-electron chi connectivity index (χ2n) is 7.21. The number of nitrogens with two attached hydrogens (primary N) is 1. The fraction of sp³-hybridized carbons (Fsp3) is 0.571. The van der Waals surface area contributed by atoms with Gasteiger partial charge in [-0.2, -0.15) is 11.8 Å². The van der Waals surface area contributed by atoms with Gasteiger partial charge in [-0.05, 0) is 29.9 Å². The van der Waals surface area contributed by atoms with Crippen molar-refractivity contribution >= 4 is 29.5 Å². The largest absolute Gasteiger partial charge is 0.368 e. The summed E-state index contributed by atoms with van der Waals surface area (Å²) in [6.45, 7) is 5.66. The van der Waals surface area contributed by atoms with Crippen molar-refractivity contribution in [1.29, 1.82) is 0 Å². The van der Waals surface area contributed by atoms with Gasteiger partial charge in [0.1, 0.15) is 12.1 Å². The molecule has 0 spiro atoms. The Morgan fingerprint density at radius 3 is 2.25 bits per heavy atom. The molecule has 1 aromatic carbocycles. The Bertz CT molecular complexity index is 639. The summed E-state index contributed by atoms with van der Waals surface area (Å²) in [5.74, 6) is -0.527. The van der Waals surface area contributed by atoms with E-state index in [2.05, 4.69) is 10.6 Å². The van der Waals surface area contributed by atoms with Crippen molar-refractivity contribution in [2.75, 3.05) is 12.0 Å². The number of rotatable bonds is 12. The van der Waals surface area contributed by atoms with Gasteiger partial charge < -0.3 is 16.4 Å². The van der Waals surface area contributed by atoms with E-state index in [0.29, 0.717) is 12.8 Å². The predicted octanol–water partition coefficient (Wildman–Crippen LogP) is 2.12. The Labute approximate surface area is 172 Å². The van der Waals surface area contributed by atoms with Crippen molar-refractivity contribution < 1.29 is 14.4 Å². The second-order valence-corrected chi connectivity index (χ2v) is 8.19. The van der Waals surface area contributed by atoms with Crippen molar-refractivity contribution in [2.45, 2.75) is 52.1 Å². The van der Waals surface area contributed by atoms with Gasteiger partial charge in [0, 0.05) is 12.3 Å². The number of benzene rings is 1. The smallest absolute Gasteiger partial charge is 0.243 e. The molecule has 4 N–H and O–H groups in total. The third-order valence-corrected chi connectivity index (χ3v) is 5.58. The summed E-state index contributed by atoms with van der Waals surface area (Å²) in [7, 11) is 0. The number of nitrogens with one attached hydrogen (secondary N) is 2. The first-order valence-electron chi connectivity index (χ1n) is 9.73. The van der Waals surface area contributed by atoms with Crippen molar-refractivity contribution in [2.24, 2.45) is 17.6 Å². The molecule has 3 amide bonds. The van der Waals surface area contributed by atoms with Gasteiger partial charge in [-0.1, -0.05) is 57.5 Å². The highest BCUT2D eigenvalue weighted by molar-refractivity contribution is 7.98. The zero-order valence-electron chi connectivity index (χ0n) is 17.2. The lowest BCUT2D eigenvalue weighted by atomic mass is 9.97. The number of thioether (sulfide) groups is 1. The molecule has 156 valence electrons. The van der Waals surface area contributed by atoms with E-state index in [1.54, 1.807) is 11.8 Å². The van der Waals surface area contributed by atoms with E-state index in [1.165, 1.54) is 0 Å².